The lowest BCUT2D eigenvalue weighted by Crippen LogP contribution is -2.25. The van der Waals surface area contributed by atoms with Crippen molar-refractivity contribution >= 4 is 0 Å². The van der Waals surface area contributed by atoms with E-state index >= 15 is 0 Å². The number of ether oxygens (including phenoxy) is 3. The molecule has 1 aromatic carbocycles. The van der Waals surface area contributed by atoms with E-state index in [1.165, 1.54) is 0 Å². The van der Waals surface area contributed by atoms with Crippen molar-refractivity contribution in [2.45, 2.75) is 13.0 Å². The standard InChI is InChI=1S/C12H18O3/c1-10-6-4-5-7-12(10)15-9-11(14-3)8-13-2/h4-7,11H,8-9H2,1-3H3. The molecule has 1 rings (SSSR count). The molecule has 0 amide bonds. The molecule has 0 N–H and O–H groups in total. The summed E-state index contributed by atoms with van der Waals surface area (Å²) in [4.78, 5) is 0. The number of hydrogen-bond donors (Lipinski definition) is 0. The summed E-state index contributed by atoms with van der Waals surface area (Å²) in [6.07, 6.45) is -0.0189. The van der Waals surface area contributed by atoms with Gasteiger partial charge >= 0.3 is 0 Å². The molecule has 1 aromatic rings. The zero-order valence-corrected chi connectivity index (χ0v) is 9.53. The third-order valence-corrected chi connectivity index (χ3v) is 2.20. The molecule has 0 aliphatic rings. The van der Waals surface area contributed by atoms with Crippen LogP contribution >= 0.6 is 0 Å². The number of benzene rings is 1. The quantitative estimate of drug-likeness (QED) is 0.719. The van der Waals surface area contributed by atoms with Gasteiger partial charge in [-0.3, -0.25) is 0 Å². The van der Waals surface area contributed by atoms with Crippen LogP contribution in [0.4, 0.5) is 0 Å². The molecule has 0 aliphatic carbocycles. The second-order valence-electron chi connectivity index (χ2n) is 3.39. The Labute approximate surface area is 91.0 Å². The smallest absolute Gasteiger partial charge is 0.122 e. The monoisotopic (exact) mass is 210 g/mol. The van der Waals surface area contributed by atoms with Crippen LogP contribution in [0.5, 0.6) is 5.75 Å². The summed E-state index contributed by atoms with van der Waals surface area (Å²) in [5.74, 6) is 0.899. The van der Waals surface area contributed by atoms with Gasteiger partial charge in [-0.25, -0.2) is 0 Å². The van der Waals surface area contributed by atoms with E-state index < -0.39 is 0 Å². The normalized spacial score (nSPS) is 12.5. The van der Waals surface area contributed by atoms with Gasteiger partial charge in [0, 0.05) is 14.2 Å². The Morgan fingerprint density at radius 3 is 2.47 bits per heavy atom. The molecule has 1 unspecified atom stereocenters. The van der Waals surface area contributed by atoms with E-state index in [0.717, 1.165) is 11.3 Å². The van der Waals surface area contributed by atoms with Gasteiger partial charge in [0.1, 0.15) is 18.5 Å². The van der Waals surface area contributed by atoms with Gasteiger partial charge in [-0.1, -0.05) is 18.2 Å². The number of hydrogen-bond acceptors (Lipinski definition) is 3. The van der Waals surface area contributed by atoms with Crippen LogP contribution in [0.15, 0.2) is 24.3 Å². The highest BCUT2D eigenvalue weighted by Gasteiger charge is 2.08. The van der Waals surface area contributed by atoms with E-state index in [-0.39, 0.29) is 6.10 Å². The maximum Gasteiger partial charge on any atom is 0.122 e. The first kappa shape index (κ1) is 12.0. The molecule has 15 heavy (non-hydrogen) atoms. The van der Waals surface area contributed by atoms with E-state index in [4.69, 9.17) is 14.2 Å². The van der Waals surface area contributed by atoms with Gasteiger partial charge in [0.2, 0.25) is 0 Å². The van der Waals surface area contributed by atoms with Crippen molar-refractivity contribution in [1.82, 2.24) is 0 Å². The average Bonchev–Trinajstić information content (AvgIpc) is 2.26. The number of methoxy groups -OCH3 is 2. The van der Waals surface area contributed by atoms with Crippen molar-refractivity contribution in [3.05, 3.63) is 29.8 Å². The fourth-order valence-corrected chi connectivity index (χ4v) is 1.27. The summed E-state index contributed by atoms with van der Waals surface area (Å²) < 4.78 is 15.8. The molecule has 1 atom stereocenters. The lowest BCUT2D eigenvalue weighted by molar-refractivity contribution is 0.000749. The van der Waals surface area contributed by atoms with E-state index in [1.54, 1.807) is 14.2 Å². The first-order valence-electron chi connectivity index (χ1n) is 4.98. The summed E-state index contributed by atoms with van der Waals surface area (Å²) >= 11 is 0. The van der Waals surface area contributed by atoms with Crippen LogP contribution in [-0.2, 0) is 9.47 Å². The molecular weight excluding hydrogens is 192 g/mol. The molecule has 0 aromatic heterocycles. The number of para-hydroxylation sites is 1. The number of rotatable bonds is 6. The molecule has 3 heteroatoms. The molecule has 0 fully saturated rings. The second-order valence-corrected chi connectivity index (χ2v) is 3.39. The molecule has 84 valence electrons. The molecular formula is C12H18O3. The van der Waals surface area contributed by atoms with Crippen molar-refractivity contribution in [3.63, 3.8) is 0 Å². The maximum absolute atomic E-state index is 5.64. The van der Waals surface area contributed by atoms with Crippen molar-refractivity contribution in [2.75, 3.05) is 27.4 Å². The summed E-state index contributed by atoms with van der Waals surface area (Å²) in [5.41, 5.74) is 1.13. The van der Waals surface area contributed by atoms with Gasteiger partial charge in [-0.15, -0.1) is 0 Å². The minimum atomic E-state index is -0.0189. The first-order valence-corrected chi connectivity index (χ1v) is 4.98. The molecule has 0 spiro atoms. The Hall–Kier alpha value is -1.06. The highest BCUT2D eigenvalue weighted by Crippen LogP contribution is 2.16. The van der Waals surface area contributed by atoms with Crippen LogP contribution in [0.25, 0.3) is 0 Å². The van der Waals surface area contributed by atoms with Gasteiger partial charge in [-0.05, 0) is 18.6 Å². The highest BCUT2D eigenvalue weighted by molar-refractivity contribution is 5.31. The fraction of sp³-hybridized carbons (Fsp3) is 0.500. The van der Waals surface area contributed by atoms with Crippen LogP contribution < -0.4 is 4.74 Å². The summed E-state index contributed by atoms with van der Waals surface area (Å²) in [7, 11) is 3.31. The SMILES string of the molecule is COCC(COc1ccccc1C)OC. The Morgan fingerprint density at radius 1 is 1.13 bits per heavy atom. The third-order valence-electron chi connectivity index (χ3n) is 2.20. The predicted molar refractivity (Wildman–Crippen MR) is 59.3 cm³/mol. The molecule has 0 saturated heterocycles. The Bertz CT molecular complexity index is 286. The van der Waals surface area contributed by atoms with Crippen LogP contribution in [0.2, 0.25) is 0 Å². The predicted octanol–water partition coefficient (Wildman–Crippen LogP) is 2.04. The van der Waals surface area contributed by atoms with Crippen molar-refractivity contribution < 1.29 is 14.2 Å². The fourth-order valence-electron chi connectivity index (χ4n) is 1.27. The maximum atomic E-state index is 5.64. The zero-order valence-electron chi connectivity index (χ0n) is 9.53. The van der Waals surface area contributed by atoms with Crippen molar-refractivity contribution in [2.24, 2.45) is 0 Å². The van der Waals surface area contributed by atoms with E-state index in [1.807, 2.05) is 31.2 Å². The largest absolute Gasteiger partial charge is 0.491 e. The average molecular weight is 210 g/mol. The van der Waals surface area contributed by atoms with Gasteiger partial charge in [0.25, 0.3) is 0 Å². The third kappa shape index (κ3) is 3.90. The molecule has 0 bridgehead atoms. The summed E-state index contributed by atoms with van der Waals surface area (Å²) in [6, 6.07) is 7.92. The highest BCUT2D eigenvalue weighted by atomic mass is 16.5. The second kappa shape index (κ2) is 6.43. The van der Waals surface area contributed by atoms with Crippen molar-refractivity contribution in [3.8, 4) is 5.75 Å². The summed E-state index contributed by atoms with van der Waals surface area (Å²) in [5, 5.41) is 0. The van der Waals surface area contributed by atoms with E-state index in [9.17, 15) is 0 Å². The molecule has 0 heterocycles. The van der Waals surface area contributed by atoms with E-state index in [2.05, 4.69) is 0 Å². The minimum Gasteiger partial charge on any atom is -0.491 e. The van der Waals surface area contributed by atoms with E-state index in [0.29, 0.717) is 13.2 Å². The topological polar surface area (TPSA) is 27.7 Å². The van der Waals surface area contributed by atoms with Gasteiger partial charge in [-0.2, -0.15) is 0 Å². The van der Waals surface area contributed by atoms with Crippen LogP contribution in [-0.4, -0.2) is 33.5 Å². The number of aryl methyl sites for hydroxylation is 1. The molecule has 3 nitrogen and oxygen atoms in total. The molecule has 0 radical (unpaired) electrons. The lowest BCUT2D eigenvalue weighted by Gasteiger charge is -2.16. The van der Waals surface area contributed by atoms with Crippen LogP contribution in [0.1, 0.15) is 5.56 Å². The minimum absolute atomic E-state index is 0.0189. The zero-order chi connectivity index (χ0) is 11.1. The summed E-state index contributed by atoms with van der Waals surface area (Å²) in [6.45, 7) is 3.07. The molecule has 0 aliphatic heterocycles. The van der Waals surface area contributed by atoms with Gasteiger partial charge in [0.05, 0.1) is 6.61 Å². The van der Waals surface area contributed by atoms with Gasteiger partial charge in [0.15, 0.2) is 0 Å². The van der Waals surface area contributed by atoms with Crippen LogP contribution in [0, 0.1) is 6.92 Å². The lowest BCUT2D eigenvalue weighted by atomic mass is 10.2. The first-order chi connectivity index (χ1) is 7.27. The Morgan fingerprint density at radius 2 is 1.87 bits per heavy atom. The van der Waals surface area contributed by atoms with Gasteiger partial charge < -0.3 is 14.2 Å². The van der Waals surface area contributed by atoms with Crippen LogP contribution in [0.3, 0.4) is 0 Å². The molecule has 0 saturated carbocycles. The van der Waals surface area contributed by atoms with Crippen molar-refractivity contribution in [1.29, 1.82) is 0 Å². The Kier molecular flexibility index (Phi) is 5.15. The Balaban J connectivity index is 2.45.